The van der Waals surface area contributed by atoms with Gasteiger partial charge in [0.25, 0.3) is 0 Å². The van der Waals surface area contributed by atoms with Gasteiger partial charge in [-0.1, -0.05) is 6.92 Å². The number of Topliss-reactive ketones (excluding diaryl/α,β-unsaturated/α-hetero) is 1. The number of carbonyl (C=O) groups excluding carboxylic acids is 2. The van der Waals surface area contributed by atoms with Crippen molar-refractivity contribution in [2.45, 2.75) is 25.8 Å². The summed E-state index contributed by atoms with van der Waals surface area (Å²) in [6.07, 6.45) is 7.04. The number of ether oxygens (including phenoxy) is 2. The number of benzene rings is 1. The molecular weight excluding hydrogens is 486 g/mol. The zero-order chi connectivity index (χ0) is 27.2. The van der Waals surface area contributed by atoms with E-state index >= 15 is 0 Å². The Morgan fingerprint density at radius 2 is 2.08 bits per heavy atom. The fraction of sp³-hybridized carbons (Fsp3) is 0.333. The quantitative estimate of drug-likeness (QED) is 0.279. The van der Waals surface area contributed by atoms with Crippen molar-refractivity contribution in [2.75, 3.05) is 34.4 Å². The van der Waals surface area contributed by atoms with Crippen molar-refractivity contribution in [3.05, 3.63) is 65.7 Å². The number of nitriles is 1. The number of methoxy groups -OCH3 is 2. The monoisotopic (exact) mass is 515 g/mol. The molecule has 0 saturated heterocycles. The molecule has 0 aliphatic rings. The first-order valence-corrected chi connectivity index (χ1v) is 12.1. The molecule has 1 amide bonds. The lowest BCUT2D eigenvalue weighted by Gasteiger charge is -2.16. The van der Waals surface area contributed by atoms with E-state index in [1.54, 1.807) is 66.4 Å². The van der Waals surface area contributed by atoms with Crippen molar-refractivity contribution < 1.29 is 19.1 Å². The van der Waals surface area contributed by atoms with Crippen LogP contribution in [0, 0.1) is 11.3 Å². The Kier molecular flexibility index (Phi) is 8.13. The number of likely N-dealkylation sites (N-methyl/N-ethyl adjacent to an activating group) is 1. The summed E-state index contributed by atoms with van der Waals surface area (Å²) in [6.45, 7) is 2.73. The maximum absolute atomic E-state index is 13.9. The number of hydrogen-bond acceptors (Lipinski definition) is 8. The first-order chi connectivity index (χ1) is 18.4. The standard InChI is InChI=1S/C27H29N7O4/c1-5-19(26(36)21-15-30-34-10-6-9-29-27(21)34)22-16-33(17-24(35)32(2)11-12-37-3)31-25(22)20-13-18(14-28)7-8-23(20)38-4/h6-10,13,15-16,19H,5,11-12,17H2,1-4H3. The Hall–Kier alpha value is -4.56. The minimum absolute atomic E-state index is 0.0314. The van der Waals surface area contributed by atoms with Gasteiger partial charge < -0.3 is 14.4 Å². The van der Waals surface area contributed by atoms with Crippen LogP contribution in [-0.4, -0.2) is 75.4 Å². The van der Waals surface area contributed by atoms with Crippen LogP contribution in [0.25, 0.3) is 16.9 Å². The molecule has 0 N–H and O–H groups in total. The molecule has 0 radical (unpaired) electrons. The summed E-state index contributed by atoms with van der Waals surface area (Å²) in [7, 11) is 4.81. The van der Waals surface area contributed by atoms with Crippen molar-refractivity contribution in [3.63, 3.8) is 0 Å². The lowest BCUT2D eigenvalue weighted by atomic mass is 9.88. The molecule has 0 aliphatic heterocycles. The average Bonchev–Trinajstić information content (AvgIpc) is 3.56. The molecule has 0 saturated carbocycles. The van der Waals surface area contributed by atoms with Crippen molar-refractivity contribution in [2.24, 2.45) is 0 Å². The Morgan fingerprint density at radius 1 is 1.26 bits per heavy atom. The number of ketones is 1. The summed E-state index contributed by atoms with van der Waals surface area (Å²) >= 11 is 0. The Bertz CT molecular complexity index is 1500. The first-order valence-electron chi connectivity index (χ1n) is 12.1. The highest BCUT2D eigenvalue weighted by molar-refractivity contribution is 6.06. The predicted molar refractivity (Wildman–Crippen MR) is 139 cm³/mol. The molecule has 1 unspecified atom stereocenters. The Morgan fingerprint density at radius 3 is 2.79 bits per heavy atom. The second-order valence-electron chi connectivity index (χ2n) is 8.74. The van der Waals surface area contributed by atoms with E-state index in [-0.39, 0.29) is 18.2 Å². The summed E-state index contributed by atoms with van der Waals surface area (Å²) in [4.78, 5) is 32.6. The van der Waals surface area contributed by atoms with E-state index in [9.17, 15) is 14.9 Å². The minimum atomic E-state index is -0.606. The van der Waals surface area contributed by atoms with E-state index in [0.29, 0.717) is 58.9 Å². The van der Waals surface area contributed by atoms with Crippen LogP contribution < -0.4 is 4.74 Å². The van der Waals surface area contributed by atoms with Gasteiger partial charge in [0.05, 0.1) is 48.7 Å². The van der Waals surface area contributed by atoms with Crippen LogP contribution in [0.4, 0.5) is 0 Å². The highest BCUT2D eigenvalue weighted by Gasteiger charge is 2.30. The third-order valence-corrected chi connectivity index (χ3v) is 6.37. The SMILES string of the molecule is CCC(C(=O)c1cnn2cccnc12)c1cn(CC(=O)N(C)CCOC)nc1-c1cc(C#N)ccc1OC. The highest BCUT2D eigenvalue weighted by Crippen LogP contribution is 2.37. The lowest BCUT2D eigenvalue weighted by molar-refractivity contribution is -0.131. The van der Waals surface area contributed by atoms with Gasteiger partial charge in [-0.15, -0.1) is 0 Å². The minimum Gasteiger partial charge on any atom is -0.496 e. The van der Waals surface area contributed by atoms with Crippen molar-refractivity contribution in [1.82, 2.24) is 29.3 Å². The van der Waals surface area contributed by atoms with Gasteiger partial charge in [0.15, 0.2) is 11.4 Å². The largest absolute Gasteiger partial charge is 0.496 e. The molecule has 0 spiro atoms. The molecule has 1 aromatic carbocycles. The van der Waals surface area contributed by atoms with Gasteiger partial charge in [0.2, 0.25) is 5.91 Å². The molecule has 3 aromatic heterocycles. The van der Waals surface area contributed by atoms with Crippen LogP contribution >= 0.6 is 0 Å². The maximum atomic E-state index is 13.9. The summed E-state index contributed by atoms with van der Waals surface area (Å²) in [5, 5.41) is 18.5. The van der Waals surface area contributed by atoms with Gasteiger partial charge in [0, 0.05) is 50.4 Å². The third kappa shape index (κ3) is 5.26. The van der Waals surface area contributed by atoms with Crippen LogP contribution in [0.1, 0.15) is 40.7 Å². The smallest absolute Gasteiger partial charge is 0.244 e. The number of aromatic nitrogens is 5. The number of amides is 1. The molecule has 11 nitrogen and oxygen atoms in total. The van der Waals surface area contributed by atoms with E-state index in [0.717, 1.165) is 0 Å². The Labute approximate surface area is 220 Å². The fourth-order valence-electron chi connectivity index (χ4n) is 4.29. The third-order valence-electron chi connectivity index (χ3n) is 6.37. The Balaban J connectivity index is 1.81. The molecule has 0 fully saturated rings. The van der Waals surface area contributed by atoms with E-state index < -0.39 is 5.92 Å². The zero-order valence-electron chi connectivity index (χ0n) is 21.8. The molecule has 4 aromatic rings. The lowest BCUT2D eigenvalue weighted by Crippen LogP contribution is -2.33. The number of fused-ring (bicyclic) bond motifs is 1. The molecule has 1 atom stereocenters. The molecule has 11 heteroatoms. The van der Waals surface area contributed by atoms with Crippen LogP contribution in [0.3, 0.4) is 0 Å². The van der Waals surface area contributed by atoms with Crippen LogP contribution in [0.2, 0.25) is 0 Å². The van der Waals surface area contributed by atoms with Crippen LogP contribution in [-0.2, 0) is 16.1 Å². The summed E-state index contributed by atoms with van der Waals surface area (Å²) in [6, 6.07) is 8.90. The van der Waals surface area contributed by atoms with Gasteiger partial charge in [-0.25, -0.2) is 9.50 Å². The van der Waals surface area contributed by atoms with Gasteiger partial charge in [0.1, 0.15) is 12.3 Å². The maximum Gasteiger partial charge on any atom is 0.244 e. The zero-order valence-corrected chi connectivity index (χ0v) is 21.8. The van der Waals surface area contributed by atoms with E-state index in [1.807, 2.05) is 6.92 Å². The van der Waals surface area contributed by atoms with E-state index in [4.69, 9.17) is 14.6 Å². The number of hydrogen-bond donors (Lipinski definition) is 0. The summed E-state index contributed by atoms with van der Waals surface area (Å²) in [5.41, 5.74) is 2.92. The highest BCUT2D eigenvalue weighted by atomic mass is 16.5. The van der Waals surface area contributed by atoms with Crippen LogP contribution in [0.5, 0.6) is 5.75 Å². The van der Waals surface area contributed by atoms with Gasteiger partial charge in [-0.05, 0) is 30.7 Å². The van der Waals surface area contributed by atoms with E-state index in [2.05, 4.69) is 16.2 Å². The molecule has 196 valence electrons. The summed E-state index contributed by atoms with van der Waals surface area (Å²) < 4.78 is 13.7. The predicted octanol–water partition coefficient (Wildman–Crippen LogP) is 2.95. The average molecular weight is 516 g/mol. The van der Waals surface area contributed by atoms with Crippen LogP contribution in [0.15, 0.2) is 49.1 Å². The number of rotatable bonds is 11. The molecule has 38 heavy (non-hydrogen) atoms. The molecule has 4 rings (SSSR count). The van der Waals surface area contributed by atoms with Gasteiger partial charge in [-0.2, -0.15) is 15.5 Å². The van der Waals surface area contributed by atoms with Gasteiger partial charge in [-0.3, -0.25) is 14.3 Å². The molecule has 0 aliphatic carbocycles. The first kappa shape index (κ1) is 26.5. The molecule has 3 heterocycles. The normalized spacial score (nSPS) is 11.8. The second-order valence-corrected chi connectivity index (χ2v) is 8.74. The second kappa shape index (κ2) is 11.7. The number of nitrogens with zero attached hydrogens (tertiary/aromatic N) is 7. The number of carbonyl (C=O) groups is 2. The summed E-state index contributed by atoms with van der Waals surface area (Å²) in [5.74, 6) is -0.433. The fourth-order valence-corrected chi connectivity index (χ4v) is 4.29. The topological polar surface area (TPSA) is 128 Å². The van der Waals surface area contributed by atoms with E-state index in [1.165, 1.54) is 18.0 Å². The van der Waals surface area contributed by atoms with Crippen molar-refractivity contribution in [3.8, 4) is 23.1 Å². The van der Waals surface area contributed by atoms with Crippen molar-refractivity contribution in [1.29, 1.82) is 5.26 Å². The molecular formula is C27H29N7O4. The van der Waals surface area contributed by atoms with Gasteiger partial charge >= 0.3 is 0 Å². The molecule has 0 bridgehead atoms. The van der Waals surface area contributed by atoms with Crippen molar-refractivity contribution >= 4 is 17.3 Å².